The summed E-state index contributed by atoms with van der Waals surface area (Å²) in [5.74, 6) is -1.21. The minimum atomic E-state index is -0.610. The smallest absolute Gasteiger partial charge is 0.275 e. The summed E-state index contributed by atoms with van der Waals surface area (Å²) >= 11 is 17.8. The van der Waals surface area contributed by atoms with Gasteiger partial charge in [-0.1, -0.05) is 46.9 Å². The van der Waals surface area contributed by atoms with Crippen molar-refractivity contribution in [2.75, 3.05) is 5.32 Å². The Morgan fingerprint density at radius 2 is 1.58 bits per heavy atom. The molecule has 0 aliphatic carbocycles. The first-order valence-corrected chi connectivity index (χ1v) is 10.1. The molecule has 0 unspecified atom stereocenters. The van der Waals surface area contributed by atoms with E-state index in [4.69, 9.17) is 34.8 Å². The van der Waals surface area contributed by atoms with Crippen LogP contribution < -0.4 is 10.7 Å². The second-order valence-electron chi connectivity index (χ2n) is 6.46. The monoisotopic (exact) mass is 475 g/mol. The number of hydrogen-bond acceptors (Lipinski definition) is 4. The van der Waals surface area contributed by atoms with Crippen LogP contribution in [0, 0.1) is 0 Å². The van der Waals surface area contributed by atoms with Crippen LogP contribution in [0.5, 0.6) is 5.75 Å². The molecule has 3 rings (SSSR count). The zero-order chi connectivity index (χ0) is 22.5. The molecule has 3 aromatic rings. The van der Waals surface area contributed by atoms with Crippen LogP contribution in [-0.2, 0) is 0 Å². The summed E-state index contributed by atoms with van der Waals surface area (Å²) in [4.78, 5) is 24.8. The van der Waals surface area contributed by atoms with E-state index in [9.17, 15) is 14.7 Å². The van der Waals surface area contributed by atoms with Gasteiger partial charge < -0.3 is 10.4 Å². The second kappa shape index (κ2) is 9.83. The molecule has 3 N–H and O–H groups in total. The van der Waals surface area contributed by atoms with Crippen molar-refractivity contribution < 1.29 is 14.7 Å². The Labute approximate surface area is 193 Å². The number of hydrazone groups is 1. The molecule has 158 valence electrons. The lowest BCUT2D eigenvalue weighted by atomic mass is 10.1. The Morgan fingerprint density at radius 1 is 0.871 bits per heavy atom. The number of phenols is 1. The number of rotatable bonds is 5. The van der Waals surface area contributed by atoms with Crippen molar-refractivity contribution in [1.29, 1.82) is 0 Å². The highest BCUT2D eigenvalue weighted by atomic mass is 35.5. The maximum absolute atomic E-state index is 12.5. The van der Waals surface area contributed by atoms with Gasteiger partial charge in [-0.3, -0.25) is 9.59 Å². The number of aromatic hydroxyl groups is 1. The Morgan fingerprint density at radius 3 is 2.32 bits per heavy atom. The molecule has 9 heteroatoms. The molecule has 0 spiro atoms. The average molecular weight is 477 g/mol. The molecule has 0 aliphatic rings. The third-order valence-corrected chi connectivity index (χ3v) is 5.03. The fourth-order valence-electron chi connectivity index (χ4n) is 2.64. The molecule has 6 nitrogen and oxygen atoms in total. The van der Waals surface area contributed by atoms with E-state index in [1.165, 1.54) is 30.3 Å². The van der Waals surface area contributed by atoms with E-state index < -0.39 is 11.8 Å². The van der Waals surface area contributed by atoms with Crippen LogP contribution in [-0.4, -0.2) is 22.6 Å². The Balaban J connectivity index is 1.73. The summed E-state index contributed by atoms with van der Waals surface area (Å²) in [6, 6.07) is 15.7. The van der Waals surface area contributed by atoms with Gasteiger partial charge in [0.05, 0.1) is 21.9 Å². The number of halogens is 3. The lowest BCUT2D eigenvalue weighted by Crippen LogP contribution is -2.19. The third-order valence-electron chi connectivity index (χ3n) is 4.24. The molecule has 0 saturated heterocycles. The number of benzene rings is 3. The third kappa shape index (κ3) is 5.76. The normalized spacial score (nSPS) is 11.2. The van der Waals surface area contributed by atoms with Gasteiger partial charge >= 0.3 is 0 Å². The largest absolute Gasteiger partial charge is 0.507 e. The van der Waals surface area contributed by atoms with Gasteiger partial charge in [0.15, 0.2) is 0 Å². The minimum absolute atomic E-state index is 0.00454. The van der Waals surface area contributed by atoms with Gasteiger partial charge in [0.1, 0.15) is 5.75 Å². The number of nitrogens with one attached hydrogen (secondary N) is 2. The standard InChI is InChI=1S/C22H16Cl3N3O3/c1-12(27-28-22(31)18-10-14(23)6-8-20(18)29)13-3-2-4-16(9-13)26-21(30)17-7-5-15(24)11-19(17)25/h2-11,29H,1H3,(H,26,30)(H,28,31). The van der Waals surface area contributed by atoms with Crippen molar-refractivity contribution in [1.82, 2.24) is 5.43 Å². The van der Waals surface area contributed by atoms with E-state index in [0.717, 1.165) is 0 Å². The molecule has 0 atom stereocenters. The highest BCUT2D eigenvalue weighted by Crippen LogP contribution is 2.23. The van der Waals surface area contributed by atoms with Crippen LogP contribution >= 0.6 is 34.8 Å². The number of amides is 2. The zero-order valence-corrected chi connectivity index (χ0v) is 18.4. The quantitative estimate of drug-likeness (QED) is 0.323. The summed E-state index contributed by atoms with van der Waals surface area (Å²) in [6.07, 6.45) is 0. The highest BCUT2D eigenvalue weighted by molar-refractivity contribution is 6.37. The van der Waals surface area contributed by atoms with E-state index in [2.05, 4.69) is 15.8 Å². The molecule has 31 heavy (non-hydrogen) atoms. The molecule has 3 aromatic carbocycles. The zero-order valence-electron chi connectivity index (χ0n) is 16.1. The van der Waals surface area contributed by atoms with Crippen molar-refractivity contribution in [3.05, 3.63) is 92.4 Å². The maximum atomic E-state index is 12.5. The van der Waals surface area contributed by atoms with Crippen molar-refractivity contribution in [2.24, 2.45) is 5.10 Å². The summed E-state index contributed by atoms with van der Waals surface area (Å²) in [7, 11) is 0. The molecule has 0 saturated carbocycles. The van der Waals surface area contributed by atoms with Crippen LogP contribution in [0.1, 0.15) is 33.2 Å². The molecule has 2 amide bonds. The molecular weight excluding hydrogens is 461 g/mol. The van der Waals surface area contributed by atoms with Crippen LogP contribution in [0.4, 0.5) is 5.69 Å². The topological polar surface area (TPSA) is 90.8 Å². The summed E-state index contributed by atoms with van der Waals surface area (Å²) < 4.78 is 0. The van der Waals surface area contributed by atoms with E-state index >= 15 is 0 Å². The van der Waals surface area contributed by atoms with Gasteiger partial charge in [0, 0.05) is 15.7 Å². The lowest BCUT2D eigenvalue weighted by Gasteiger charge is -2.09. The van der Waals surface area contributed by atoms with Crippen molar-refractivity contribution in [3.8, 4) is 5.75 Å². The van der Waals surface area contributed by atoms with Crippen molar-refractivity contribution in [2.45, 2.75) is 6.92 Å². The summed E-state index contributed by atoms with van der Waals surface area (Å²) in [5, 5.41) is 17.6. The van der Waals surface area contributed by atoms with Gasteiger partial charge in [-0.05, 0) is 61.0 Å². The molecule has 0 radical (unpaired) electrons. The number of anilines is 1. The number of carbonyl (C=O) groups is 2. The fourth-order valence-corrected chi connectivity index (χ4v) is 3.31. The van der Waals surface area contributed by atoms with Gasteiger partial charge in [0.2, 0.25) is 0 Å². The van der Waals surface area contributed by atoms with E-state index in [0.29, 0.717) is 27.0 Å². The van der Waals surface area contributed by atoms with E-state index in [-0.39, 0.29) is 21.9 Å². The number of phenolic OH excluding ortho intramolecular Hbond substituents is 1. The summed E-state index contributed by atoms with van der Waals surface area (Å²) in [5.41, 5.74) is 4.33. The van der Waals surface area contributed by atoms with Crippen LogP contribution in [0.15, 0.2) is 65.8 Å². The lowest BCUT2D eigenvalue weighted by molar-refractivity contribution is 0.0951. The average Bonchev–Trinajstić information content (AvgIpc) is 2.73. The maximum Gasteiger partial charge on any atom is 0.275 e. The first-order valence-electron chi connectivity index (χ1n) is 8.94. The number of hydrogen-bond donors (Lipinski definition) is 3. The van der Waals surface area contributed by atoms with Crippen LogP contribution in [0.3, 0.4) is 0 Å². The molecular formula is C22H16Cl3N3O3. The number of carbonyl (C=O) groups excluding carboxylic acids is 2. The van der Waals surface area contributed by atoms with Gasteiger partial charge in [-0.15, -0.1) is 0 Å². The van der Waals surface area contributed by atoms with Crippen LogP contribution in [0.2, 0.25) is 15.1 Å². The SMILES string of the molecule is CC(=NNC(=O)c1cc(Cl)ccc1O)c1cccc(NC(=O)c2ccc(Cl)cc2Cl)c1. The van der Waals surface area contributed by atoms with Crippen LogP contribution in [0.25, 0.3) is 0 Å². The van der Waals surface area contributed by atoms with Crippen molar-refractivity contribution in [3.63, 3.8) is 0 Å². The first-order chi connectivity index (χ1) is 14.7. The Bertz CT molecular complexity index is 1200. The second-order valence-corrected chi connectivity index (χ2v) is 7.74. The summed E-state index contributed by atoms with van der Waals surface area (Å²) in [6.45, 7) is 1.69. The molecule has 0 bridgehead atoms. The Kier molecular flexibility index (Phi) is 7.17. The van der Waals surface area contributed by atoms with Gasteiger partial charge in [-0.25, -0.2) is 5.43 Å². The molecule has 0 aliphatic heterocycles. The predicted octanol–water partition coefficient (Wildman–Crippen LogP) is 5.76. The highest BCUT2D eigenvalue weighted by Gasteiger charge is 2.13. The Hall–Kier alpha value is -3.06. The predicted molar refractivity (Wildman–Crippen MR) is 124 cm³/mol. The molecule has 0 fully saturated rings. The first kappa shape index (κ1) is 22.6. The minimum Gasteiger partial charge on any atom is -0.507 e. The van der Waals surface area contributed by atoms with Gasteiger partial charge in [-0.2, -0.15) is 5.10 Å². The fraction of sp³-hybridized carbons (Fsp3) is 0.0455. The van der Waals surface area contributed by atoms with E-state index in [1.807, 2.05) is 0 Å². The molecule has 0 aromatic heterocycles. The van der Waals surface area contributed by atoms with Crippen molar-refractivity contribution >= 4 is 58.0 Å². The van der Waals surface area contributed by atoms with E-state index in [1.54, 1.807) is 37.3 Å². The van der Waals surface area contributed by atoms with Gasteiger partial charge in [0.25, 0.3) is 11.8 Å². The molecule has 0 heterocycles. The number of nitrogens with zero attached hydrogens (tertiary/aromatic N) is 1.